The number of methoxy groups -OCH3 is 1. The molecule has 0 saturated carbocycles. The summed E-state index contributed by atoms with van der Waals surface area (Å²) in [5.41, 5.74) is 0.876. The number of nitrogens with zero attached hydrogens (tertiary/aromatic N) is 2. The van der Waals surface area contributed by atoms with E-state index in [1.807, 2.05) is 6.07 Å². The van der Waals surface area contributed by atoms with E-state index in [4.69, 9.17) is 9.47 Å². The van der Waals surface area contributed by atoms with Crippen LogP contribution in [0.2, 0.25) is 0 Å². The zero-order valence-corrected chi connectivity index (χ0v) is 19.2. The number of fused-ring (bicyclic) bond motifs is 1. The highest BCUT2D eigenvalue weighted by Gasteiger charge is 2.41. The fourth-order valence-electron chi connectivity index (χ4n) is 4.00. The lowest BCUT2D eigenvalue weighted by Gasteiger charge is -2.32. The van der Waals surface area contributed by atoms with Crippen LogP contribution in [0.4, 0.5) is 0 Å². The van der Waals surface area contributed by atoms with Crippen LogP contribution in [0.1, 0.15) is 35.3 Å². The van der Waals surface area contributed by atoms with Crippen molar-refractivity contribution in [1.82, 2.24) is 15.2 Å². The second kappa shape index (κ2) is 9.35. The molecule has 0 radical (unpaired) electrons. The Labute approximate surface area is 197 Å². The lowest BCUT2D eigenvalue weighted by Crippen LogP contribution is -2.51. The molecule has 1 aliphatic heterocycles. The van der Waals surface area contributed by atoms with Gasteiger partial charge in [0.25, 0.3) is 5.91 Å². The Morgan fingerprint density at radius 2 is 1.82 bits per heavy atom. The van der Waals surface area contributed by atoms with Crippen LogP contribution in [0.25, 0.3) is 0 Å². The van der Waals surface area contributed by atoms with Gasteiger partial charge in [0.15, 0.2) is 0 Å². The molecule has 174 valence electrons. The van der Waals surface area contributed by atoms with Gasteiger partial charge in [0.05, 0.1) is 18.7 Å². The molecule has 8 heteroatoms. The van der Waals surface area contributed by atoms with Crippen molar-refractivity contribution in [1.29, 1.82) is 0 Å². The largest absolute Gasteiger partial charge is 0.497 e. The van der Waals surface area contributed by atoms with Crippen molar-refractivity contribution < 1.29 is 23.9 Å². The second-order valence-electron chi connectivity index (χ2n) is 8.34. The Balaban J connectivity index is 1.61. The standard InChI is InChI=1S/C26H25N3O5/c1-17(30)28-25(32)26(2,16-29-15-18-6-9-21(33-3)13-23(18)24(29)31)19-7-10-20(11-8-19)34-22-5-4-12-27-14-22/h4-14H,15-16H2,1-3H3,(H,28,30,32)/t26-/m0/s1. The summed E-state index contributed by atoms with van der Waals surface area (Å²) in [5, 5.41) is 2.39. The summed E-state index contributed by atoms with van der Waals surface area (Å²) in [7, 11) is 1.55. The number of rotatable bonds is 7. The van der Waals surface area contributed by atoms with Crippen molar-refractivity contribution in [3.8, 4) is 17.2 Å². The average molecular weight is 460 g/mol. The maximum absolute atomic E-state index is 13.2. The number of benzene rings is 2. The number of carbonyl (C=O) groups is 3. The van der Waals surface area contributed by atoms with Crippen LogP contribution in [0, 0.1) is 0 Å². The van der Waals surface area contributed by atoms with Crippen molar-refractivity contribution in [2.24, 2.45) is 0 Å². The molecule has 1 aromatic heterocycles. The van der Waals surface area contributed by atoms with E-state index in [-0.39, 0.29) is 12.5 Å². The zero-order chi connectivity index (χ0) is 24.3. The first-order valence-corrected chi connectivity index (χ1v) is 10.8. The number of pyridine rings is 1. The van der Waals surface area contributed by atoms with Crippen LogP contribution in [-0.4, -0.2) is 41.3 Å². The summed E-state index contributed by atoms with van der Waals surface area (Å²) < 4.78 is 11.0. The minimum Gasteiger partial charge on any atom is -0.497 e. The molecule has 1 N–H and O–H groups in total. The minimum absolute atomic E-state index is 0.0880. The fraction of sp³-hybridized carbons (Fsp3) is 0.231. The maximum atomic E-state index is 13.2. The molecule has 34 heavy (non-hydrogen) atoms. The minimum atomic E-state index is -1.18. The topological polar surface area (TPSA) is 97.8 Å². The van der Waals surface area contributed by atoms with Crippen LogP contribution in [0.15, 0.2) is 67.0 Å². The summed E-state index contributed by atoms with van der Waals surface area (Å²) in [6, 6.07) is 15.9. The molecule has 0 bridgehead atoms. The number of amides is 3. The van der Waals surface area contributed by atoms with E-state index < -0.39 is 17.2 Å². The van der Waals surface area contributed by atoms with Crippen molar-refractivity contribution in [2.45, 2.75) is 25.8 Å². The quantitative estimate of drug-likeness (QED) is 0.581. The van der Waals surface area contributed by atoms with E-state index in [0.29, 0.717) is 34.9 Å². The first-order chi connectivity index (χ1) is 16.3. The Kier molecular flexibility index (Phi) is 6.32. The molecule has 8 nitrogen and oxygen atoms in total. The summed E-state index contributed by atoms with van der Waals surface area (Å²) in [6.07, 6.45) is 3.26. The third-order valence-electron chi connectivity index (χ3n) is 5.86. The molecule has 0 saturated heterocycles. The fourth-order valence-corrected chi connectivity index (χ4v) is 4.00. The number of aromatic nitrogens is 1. The van der Waals surface area contributed by atoms with Gasteiger partial charge >= 0.3 is 0 Å². The van der Waals surface area contributed by atoms with Gasteiger partial charge in [-0.3, -0.25) is 24.7 Å². The monoisotopic (exact) mass is 459 g/mol. The van der Waals surface area contributed by atoms with E-state index in [9.17, 15) is 14.4 Å². The zero-order valence-electron chi connectivity index (χ0n) is 19.2. The van der Waals surface area contributed by atoms with Gasteiger partial charge < -0.3 is 14.4 Å². The molecule has 0 spiro atoms. The molecule has 4 rings (SSSR count). The van der Waals surface area contributed by atoms with E-state index in [2.05, 4.69) is 10.3 Å². The van der Waals surface area contributed by atoms with E-state index in [1.165, 1.54) is 6.92 Å². The van der Waals surface area contributed by atoms with Crippen LogP contribution < -0.4 is 14.8 Å². The molecule has 2 aromatic carbocycles. The predicted molar refractivity (Wildman–Crippen MR) is 125 cm³/mol. The maximum Gasteiger partial charge on any atom is 0.254 e. The van der Waals surface area contributed by atoms with Crippen molar-refractivity contribution in [3.63, 3.8) is 0 Å². The van der Waals surface area contributed by atoms with Gasteiger partial charge in [-0.2, -0.15) is 0 Å². The first kappa shape index (κ1) is 23.0. The summed E-state index contributed by atoms with van der Waals surface area (Å²) in [6.45, 7) is 3.46. The van der Waals surface area contributed by atoms with Gasteiger partial charge in [-0.05, 0) is 54.4 Å². The van der Waals surface area contributed by atoms with Crippen LogP contribution in [0.5, 0.6) is 17.2 Å². The Hall–Kier alpha value is -4.20. The van der Waals surface area contributed by atoms with Crippen LogP contribution in [0.3, 0.4) is 0 Å². The normalized spacial score (nSPS) is 14.2. The summed E-state index contributed by atoms with van der Waals surface area (Å²) >= 11 is 0. The van der Waals surface area contributed by atoms with Crippen molar-refractivity contribution in [2.75, 3.05) is 13.7 Å². The SMILES string of the molecule is COc1ccc2c(c1)C(=O)N(C[C@](C)(C(=O)NC(C)=O)c1ccc(Oc3cccnc3)cc1)C2. The predicted octanol–water partition coefficient (Wildman–Crippen LogP) is 3.46. The second-order valence-corrected chi connectivity index (χ2v) is 8.34. The van der Waals surface area contributed by atoms with Gasteiger partial charge in [-0.15, -0.1) is 0 Å². The molecule has 0 unspecified atom stereocenters. The van der Waals surface area contributed by atoms with Gasteiger partial charge in [0.1, 0.15) is 17.2 Å². The van der Waals surface area contributed by atoms with Gasteiger partial charge in [0.2, 0.25) is 11.8 Å². The van der Waals surface area contributed by atoms with Crippen molar-refractivity contribution in [3.05, 3.63) is 83.7 Å². The number of carbonyl (C=O) groups excluding carboxylic acids is 3. The molecule has 0 fully saturated rings. The Morgan fingerprint density at radius 1 is 1.09 bits per heavy atom. The first-order valence-electron chi connectivity index (χ1n) is 10.8. The highest BCUT2D eigenvalue weighted by molar-refractivity contribution is 6.02. The van der Waals surface area contributed by atoms with Crippen LogP contribution in [-0.2, 0) is 21.5 Å². The molecular formula is C26H25N3O5. The number of hydrogen-bond acceptors (Lipinski definition) is 6. The summed E-state index contributed by atoms with van der Waals surface area (Å²) in [4.78, 5) is 43.6. The van der Waals surface area contributed by atoms with Crippen molar-refractivity contribution >= 4 is 17.7 Å². The molecule has 1 atom stereocenters. The lowest BCUT2D eigenvalue weighted by molar-refractivity contribution is -0.133. The smallest absolute Gasteiger partial charge is 0.254 e. The highest BCUT2D eigenvalue weighted by Crippen LogP contribution is 2.33. The number of hydrogen-bond donors (Lipinski definition) is 1. The van der Waals surface area contributed by atoms with Gasteiger partial charge in [-0.1, -0.05) is 18.2 Å². The molecule has 2 heterocycles. The Morgan fingerprint density at radius 3 is 2.47 bits per heavy atom. The summed E-state index contributed by atoms with van der Waals surface area (Å²) in [5.74, 6) is 0.615. The van der Waals surface area contributed by atoms with Gasteiger partial charge in [0, 0.05) is 31.8 Å². The van der Waals surface area contributed by atoms with Gasteiger partial charge in [-0.25, -0.2) is 0 Å². The van der Waals surface area contributed by atoms with E-state index in [0.717, 1.165) is 5.56 Å². The number of ether oxygens (including phenoxy) is 2. The lowest BCUT2D eigenvalue weighted by atomic mass is 9.80. The molecule has 3 amide bonds. The number of imide groups is 1. The average Bonchev–Trinajstić information content (AvgIpc) is 3.13. The molecule has 0 aliphatic carbocycles. The highest BCUT2D eigenvalue weighted by atomic mass is 16.5. The molecule has 3 aromatic rings. The number of nitrogens with one attached hydrogen (secondary N) is 1. The van der Waals surface area contributed by atoms with Crippen LogP contribution >= 0.6 is 0 Å². The molecular weight excluding hydrogens is 434 g/mol. The van der Waals surface area contributed by atoms with E-state index >= 15 is 0 Å². The van der Waals surface area contributed by atoms with E-state index in [1.54, 1.807) is 79.9 Å². The molecule has 1 aliphatic rings. The Bertz CT molecular complexity index is 1230. The third kappa shape index (κ3) is 4.61. The third-order valence-corrected chi connectivity index (χ3v) is 5.86.